The number of carbonyl (C=O) groups is 1. The van der Waals surface area contributed by atoms with Crippen molar-refractivity contribution in [1.82, 2.24) is 14.9 Å². The van der Waals surface area contributed by atoms with Crippen molar-refractivity contribution in [2.75, 3.05) is 0 Å². The van der Waals surface area contributed by atoms with Gasteiger partial charge in [0.15, 0.2) is 10.3 Å². The van der Waals surface area contributed by atoms with Crippen LogP contribution in [0.3, 0.4) is 0 Å². The number of hydrogen-bond donors (Lipinski definition) is 4. The molecule has 0 aliphatic heterocycles. The maximum absolute atomic E-state index is 13.3. The molecule has 0 spiro atoms. The lowest BCUT2D eigenvalue weighted by atomic mass is 10.1. The van der Waals surface area contributed by atoms with Crippen LogP contribution >= 0.6 is 0 Å². The summed E-state index contributed by atoms with van der Waals surface area (Å²) in [6.45, 7) is 3.79. The smallest absolute Gasteiger partial charge is 0.300 e. The van der Waals surface area contributed by atoms with Crippen LogP contribution in [0.4, 0.5) is 0 Å². The maximum Gasteiger partial charge on any atom is 0.300 e. The molecule has 0 saturated carbocycles. The molecule has 1 unspecified atom stereocenters. The van der Waals surface area contributed by atoms with E-state index in [1.54, 1.807) is 31.2 Å². The molecule has 1 amide bonds. The number of pyridine rings is 2. The van der Waals surface area contributed by atoms with Crippen molar-refractivity contribution in [2.45, 2.75) is 38.3 Å². The van der Waals surface area contributed by atoms with E-state index in [0.717, 1.165) is 10.6 Å². The van der Waals surface area contributed by atoms with Gasteiger partial charge in [-0.3, -0.25) is 23.5 Å². The van der Waals surface area contributed by atoms with E-state index >= 15 is 0 Å². The second kappa shape index (κ2) is 8.00. The lowest BCUT2D eigenvalue weighted by Crippen LogP contribution is -2.38. The van der Waals surface area contributed by atoms with Gasteiger partial charge >= 0.3 is 0 Å². The van der Waals surface area contributed by atoms with Crippen LogP contribution in [0.1, 0.15) is 19.4 Å². The van der Waals surface area contributed by atoms with E-state index in [0.29, 0.717) is 10.9 Å². The Morgan fingerprint density at radius 3 is 2.52 bits per heavy atom. The third-order valence-electron chi connectivity index (χ3n) is 4.80. The van der Waals surface area contributed by atoms with E-state index in [1.165, 1.54) is 13.8 Å². The van der Waals surface area contributed by atoms with E-state index in [4.69, 9.17) is 0 Å². The fourth-order valence-electron chi connectivity index (χ4n) is 3.59. The molecule has 3 rings (SSSR count). The first kappa shape index (κ1) is 22.2. The summed E-state index contributed by atoms with van der Waals surface area (Å²) in [5.74, 6) is -1.35. The number of fused-ring (bicyclic) bond motifs is 1. The van der Waals surface area contributed by atoms with Crippen LogP contribution in [0.25, 0.3) is 22.2 Å². The monoisotopic (exact) mass is 447 g/mol. The highest BCUT2D eigenvalue weighted by molar-refractivity contribution is 7.86. The Morgan fingerprint density at radius 1 is 1.26 bits per heavy atom. The number of rotatable bonds is 5. The number of nitrogens with zero attached hydrogens (tertiary/aromatic N) is 1. The molecule has 0 fully saturated rings. The Bertz CT molecular complexity index is 1420. The van der Waals surface area contributed by atoms with Crippen molar-refractivity contribution in [3.05, 3.63) is 56.5 Å². The van der Waals surface area contributed by atoms with Gasteiger partial charge in [0.2, 0.25) is 11.8 Å². The van der Waals surface area contributed by atoms with Crippen LogP contribution in [-0.4, -0.2) is 39.6 Å². The number of hydrogen-bond acceptors (Lipinski definition) is 6. The topological polar surface area (TPSA) is 159 Å². The van der Waals surface area contributed by atoms with Crippen molar-refractivity contribution in [2.24, 2.45) is 0 Å². The first-order valence-corrected chi connectivity index (χ1v) is 10.7. The Morgan fingerprint density at radius 2 is 1.90 bits per heavy atom. The molecule has 1 aromatic carbocycles. The van der Waals surface area contributed by atoms with E-state index in [-0.39, 0.29) is 29.3 Å². The molecular formula is C20H21N3O7S. The third-order valence-corrected chi connectivity index (χ3v) is 5.81. The predicted molar refractivity (Wildman–Crippen MR) is 114 cm³/mol. The van der Waals surface area contributed by atoms with Crippen LogP contribution in [0.2, 0.25) is 0 Å². The van der Waals surface area contributed by atoms with Gasteiger partial charge in [0, 0.05) is 36.5 Å². The summed E-state index contributed by atoms with van der Waals surface area (Å²) in [5.41, 5.74) is -1.18. The Hall–Kier alpha value is -3.44. The van der Waals surface area contributed by atoms with Crippen molar-refractivity contribution < 1.29 is 22.9 Å². The molecule has 2 aromatic heterocycles. The standard InChI is InChI=1S/C20H21N3O7S/c1-10(21-12(3)24)9-23-19(26)17(11(2)18(20(23)27)31(28,29)30)15-8-16(25)13-6-4-5-7-14(13)22-15/h4-8,10,27H,9H2,1-3H3,(H,21,24)(H,22,25)(H,28,29,30). The Kier molecular flexibility index (Phi) is 5.74. The highest BCUT2D eigenvalue weighted by Crippen LogP contribution is 2.31. The summed E-state index contributed by atoms with van der Waals surface area (Å²) in [4.78, 5) is 39.2. The zero-order valence-electron chi connectivity index (χ0n) is 17.0. The first-order valence-electron chi connectivity index (χ1n) is 9.25. The molecule has 0 aliphatic carbocycles. The van der Waals surface area contributed by atoms with Crippen LogP contribution in [-0.2, 0) is 21.5 Å². The number of aromatic hydroxyl groups is 1. The molecule has 3 aromatic rings. The summed E-state index contributed by atoms with van der Waals surface area (Å²) in [6.07, 6.45) is 0. The summed E-state index contributed by atoms with van der Waals surface area (Å²) in [5, 5.41) is 13.4. The van der Waals surface area contributed by atoms with Gasteiger partial charge in [-0.15, -0.1) is 0 Å². The lowest BCUT2D eigenvalue weighted by molar-refractivity contribution is -0.119. The molecule has 2 heterocycles. The summed E-state index contributed by atoms with van der Waals surface area (Å²) in [7, 11) is -4.93. The number of aromatic amines is 1. The van der Waals surface area contributed by atoms with E-state index in [1.807, 2.05) is 0 Å². The van der Waals surface area contributed by atoms with Crippen molar-refractivity contribution in [3.8, 4) is 17.1 Å². The zero-order chi connectivity index (χ0) is 23.1. The SMILES string of the molecule is CC(=O)NC(C)Cn1c(O)c(S(=O)(=O)O)c(C)c(-c2cc(=O)c3ccccc3[nH]2)c1=O. The molecule has 0 saturated heterocycles. The van der Waals surface area contributed by atoms with Gasteiger partial charge in [-0.25, -0.2) is 0 Å². The predicted octanol–water partition coefficient (Wildman–Crippen LogP) is 1.14. The van der Waals surface area contributed by atoms with E-state index < -0.39 is 37.9 Å². The second-order valence-electron chi connectivity index (χ2n) is 7.24. The molecule has 31 heavy (non-hydrogen) atoms. The largest absolute Gasteiger partial charge is 0.493 e. The fraction of sp³-hybridized carbons (Fsp3) is 0.250. The lowest BCUT2D eigenvalue weighted by Gasteiger charge is -2.20. The van der Waals surface area contributed by atoms with E-state index in [2.05, 4.69) is 10.3 Å². The Labute approximate surface area is 176 Å². The van der Waals surface area contributed by atoms with Crippen LogP contribution in [0, 0.1) is 6.92 Å². The number of aromatic nitrogens is 2. The molecular weight excluding hydrogens is 426 g/mol. The van der Waals surface area contributed by atoms with Crippen molar-refractivity contribution in [1.29, 1.82) is 0 Å². The third kappa shape index (κ3) is 4.23. The van der Waals surface area contributed by atoms with Gasteiger partial charge in [0.1, 0.15) is 0 Å². The minimum atomic E-state index is -4.93. The zero-order valence-corrected chi connectivity index (χ0v) is 17.8. The van der Waals surface area contributed by atoms with Crippen molar-refractivity contribution >= 4 is 26.9 Å². The summed E-state index contributed by atoms with van der Waals surface area (Å²) >= 11 is 0. The Balaban J connectivity index is 2.38. The molecule has 0 radical (unpaired) electrons. The normalized spacial score (nSPS) is 12.6. The maximum atomic E-state index is 13.3. The van der Waals surface area contributed by atoms with Crippen LogP contribution in [0.5, 0.6) is 5.88 Å². The molecule has 0 bridgehead atoms. The second-order valence-corrected chi connectivity index (χ2v) is 8.60. The molecule has 0 aliphatic rings. The molecule has 164 valence electrons. The summed E-state index contributed by atoms with van der Waals surface area (Å²) < 4.78 is 34.4. The fourth-order valence-corrected chi connectivity index (χ4v) is 4.42. The first-order chi connectivity index (χ1) is 14.4. The van der Waals surface area contributed by atoms with Gasteiger partial charge in [0.05, 0.1) is 11.3 Å². The number of carbonyl (C=O) groups excluding carboxylic acids is 1. The van der Waals surface area contributed by atoms with Gasteiger partial charge in [-0.05, 0) is 31.5 Å². The van der Waals surface area contributed by atoms with Crippen molar-refractivity contribution in [3.63, 3.8) is 0 Å². The number of para-hydroxylation sites is 1. The highest BCUT2D eigenvalue weighted by Gasteiger charge is 2.28. The minimum absolute atomic E-state index is 0.0250. The highest BCUT2D eigenvalue weighted by atomic mass is 32.2. The number of amides is 1. The molecule has 10 nitrogen and oxygen atoms in total. The number of H-pyrrole nitrogens is 1. The average molecular weight is 447 g/mol. The quantitative estimate of drug-likeness (QED) is 0.427. The van der Waals surface area contributed by atoms with Crippen LogP contribution < -0.4 is 16.3 Å². The molecule has 1 atom stereocenters. The van der Waals surface area contributed by atoms with E-state index in [9.17, 15) is 32.5 Å². The van der Waals surface area contributed by atoms with Gasteiger partial charge in [-0.1, -0.05) is 12.1 Å². The average Bonchev–Trinajstić information content (AvgIpc) is 2.63. The van der Waals surface area contributed by atoms with Gasteiger partial charge < -0.3 is 15.4 Å². The number of nitrogens with one attached hydrogen (secondary N) is 2. The molecule has 4 N–H and O–H groups in total. The molecule has 11 heteroatoms. The minimum Gasteiger partial charge on any atom is -0.493 e. The summed E-state index contributed by atoms with van der Waals surface area (Å²) in [6, 6.07) is 7.08. The number of benzene rings is 1. The van der Waals surface area contributed by atoms with Gasteiger partial charge in [0.25, 0.3) is 15.7 Å². The van der Waals surface area contributed by atoms with Gasteiger partial charge in [-0.2, -0.15) is 8.42 Å². The van der Waals surface area contributed by atoms with Crippen LogP contribution in [0.15, 0.2) is 44.8 Å².